The molecule has 0 spiro atoms. The Morgan fingerprint density at radius 1 is 1.11 bits per heavy atom. The van der Waals surface area contributed by atoms with E-state index in [0.717, 1.165) is 17.8 Å². The number of anilines is 1. The van der Waals surface area contributed by atoms with Crippen LogP contribution in [0.15, 0.2) is 52.1 Å². The summed E-state index contributed by atoms with van der Waals surface area (Å²) in [5.74, 6) is -0.282. The molecule has 0 aliphatic heterocycles. The lowest BCUT2D eigenvalue weighted by atomic mass is 10.1. The third-order valence-electron chi connectivity index (χ3n) is 4.38. The van der Waals surface area contributed by atoms with Gasteiger partial charge >= 0.3 is 11.1 Å². The summed E-state index contributed by atoms with van der Waals surface area (Å²) in [6, 6.07) is 12.5. The first-order valence-corrected chi connectivity index (χ1v) is 8.92. The van der Waals surface area contributed by atoms with Gasteiger partial charge < -0.3 is 20.2 Å². The highest BCUT2D eigenvalue weighted by molar-refractivity contribution is 6.06. The summed E-state index contributed by atoms with van der Waals surface area (Å²) in [4.78, 5) is 39.0. The van der Waals surface area contributed by atoms with E-state index in [9.17, 15) is 14.4 Å². The fraction of sp³-hybridized carbons (Fsp3) is 0.250. The number of amides is 1. The van der Waals surface area contributed by atoms with Crippen molar-refractivity contribution in [3.8, 4) is 0 Å². The van der Waals surface area contributed by atoms with Gasteiger partial charge in [-0.3, -0.25) is 14.4 Å². The molecule has 0 aliphatic rings. The maximum atomic E-state index is 12.7. The zero-order valence-electron chi connectivity index (χ0n) is 15.3. The van der Waals surface area contributed by atoms with Crippen LogP contribution in [0.4, 0.5) is 5.69 Å². The summed E-state index contributed by atoms with van der Waals surface area (Å²) in [5, 5.41) is 6.16. The fourth-order valence-corrected chi connectivity index (χ4v) is 2.99. The molecule has 3 aromatic rings. The van der Waals surface area contributed by atoms with Gasteiger partial charge in [0.25, 0.3) is 5.91 Å². The number of fused-ring (bicyclic) bond motifs is 1. The summed E-state index contributed by atoms with van der Waals surface area (Å²) < 4.78 is 1.39. The van der Waals surface area contributed by atoms with Gasteiger partial charge in [0.15, 0.2) is 0 Å². The Kier molecular flexibility index (Phi) is 5.52. The third-order valence-corrected chi connectivity index (χ3v) is 4.38. The number of H-pyrrole nitrogens is 1. The standard InChI is InChI=1S/C20H22N4O3/c1-3-21-12-14-7-5-6-8-15(14)22-18(25)13-9-10-17-16(11-13)23-19(26)20(27)24(17)4-2/h5-11,21H,3-4,12H2,1-2H3,(H,22,25)(H,23,26). The van der Waals surface area contributed by atoms with Crippen LogP contribution >= 0.6 is 0 Å². The van der Waals surface area contributed by atoms with E-state index in [0.29, 0.717) is 29.7 Å². The Morgan fingerprint density at radius 3 is 2.63 bits per heavy atom. The van der Waals surface area contributed by atoms with Crippen molar-refractivity contribution in [3.63, 3.8) is 0 Å². The highest BCUT2D eigenvalue weighted by Crippen LogP contribution is 2.18. The number of aromatic nitrogens is 2. The first kappa shape index (κ1) is 18.6. The molecule has 0 saturated carbocycles. The number of nitrogens with zero attached hydrogens (tertiary/aromatic N) is 1. The molecule has 3 N–H and O–H groups in total. The van der Waals surface area contributed by atoms with E-state index in [4.69, 9.17) is 0 Å². The molecule has 0 bridgehead atoms. The molecule has 7 heteroatoms. The Hall–Kier alpha value is -3.19. The first-order valence-electron chi connectivity index (χ1n) is 8.92. The Balaban J connectivity index is 1.94. The molecule has 2 aromatic carbocycles. The number of nitrogens with one attached hydrogen (secondary N) is 3. The van der Waals surface area contributed by atoms with Crippen LogP contribution in [0.1, 0.15) is 29.8 Å². The highest BCUT2D eigenvalue weighted by atomic mass is 16.2. The zero-order chi connectivity index (χ0) is 19.4. The number of aromatic amines is 1. The van der Waals surface area contributed by atoms with Gasteiger partial charge in [-0.15, -0.1) is 0 Å². The predicted octanol–water partition coefficient (Wildman–Crippen LogP) is 2.07. The van der Waals surface area contributed by atoms with Crippen molar-refractivity contribution in [3.05, 3.63) is 74.3 Å². The number of carbonyl (C=O) groups excluding carboxylic acids is 1. The predicted molar refractivity (Wildman–Crippen MR) is 106 cm³/mol. The quantitative estimate of drug-likeness (QED) is 0.582. The lowest BCUT2D eigenvalue weighted by Crippen LogP contribution is -2.36. The van der Waals surface area contributed by atoms with E-state index in [-0.39, 0.29) is 5.91 Å². The average Bonchev–Trinajstić information content (AvgIpc) is 2.68. The average molecular weight is 366 g/mol. The first-order chi connectivity index (χ1) is 13.0. The molecule has 3 rings (SSSR count). The number of hydrogen-bond donors (Lipinski definition) is 3. The number of para-hydroxylation sites is 1. The number of carbonyl (C=O) groups is 1. The molecule has 0 unspecified atom stereocenters. The van der Waals surface area contributed by atoms with Gasteiger partial charge in [-0.1, -0.05) is 25.1 Å². The van der Waals surface area contributed by atoms with Crippen LogP contribution in [0.3, 0.4) is 0 Å². The normalized spacial score (nSPS) is 10.9. The van der Waals surface area contributed by atoms with E-state index in [1.807, 2.05) is 31.2 Å². The molecule has 140 valence electrons. The summed E-state index contributed by atoms with van der Waals surface area (Å²) >= 11 is 0. The summed E-state index contributed by atoms with van der Waals surface area (Å²) in [5.41, 5.74) is 1.87. The van der Waals surface area contributed by atoms with Gasteiger partial charge in [0.1, 0.15) is 0 Å². The van der Waals surface area contributed by atoms with Crippen LogP contribution in [0.2, 0.25) is 0 Å². The van der Waals surface area contributed by atoms with Gasteiger partial charge in [0.2, 0.25) is 0 Å². The topological polar surface area (TPSA) is 96.0 Å². The minimum absolute atomic E-state index is 0.282. The van der Waals surface area contributed by atoms with E-state index < -0.39 is 11.1 Å². The van der Waals surface area contributed by atoms with Gasteiger partial charge in [-0.2, -0.15) is 0 Å². The minimum Gasteiger partial charge on any atom is -0.322 e. The van der Waals surface area contributed by atoms with Crippen molar-refractivity contribution in [1.82, 2.24) is 14.9 Å². The molecule has 0 saturated heterocycles. The Morgan fingerprint density at radius 2 is 1.89 bits per heavy atom. The lowest BCUT2D eigenvalue weighted by Gasteiger charge is -2.12. The number of benzene rings is 2. The molecule has 7 nitrogen and oxygen atoms in total. The van der Waals surface area contributed by atoms with Crippen LogP contribution in [0, 0.1) is 0 Å². The molecular formula is C20H22N4O3. The maximum Gasteiger partial charge on any atom is 0.316 e. The van der Waals surface area contributed by atoms with Crippen LogP contribution in [0.5, 0.6) is 0 Å². The van der Waals surface area contributed by atoms with E-state index in [1.54, 1.807) is 25.1 Å². The lowest BCUT2D eigenvalue weighted by molar-refractivity contribution is 0.102. The number of hydrogen-bond acceptors (Lipinski definition) is 4. The second kappa shape index (κ2) is 8.01. The van der Waals surface area contributed by atoms with Gasteiger partial charge in [-0.25, -0.2) is 0 Å². The second-order valence-electron chi connectivity index (χ2n) is 6.13. The molecule has 1 heterocycles. The largest absolute Gasteiger partial charge is 0.322 e. The molecule has 1 amide bonds. The SMILES string of the molecule is CCNCc1ccccc1NC(=O)c1ccc2c(c1)[nH]c(=O)c(=O)n2CC. The van der Waals surface area contributed by atoms with Crippen LogP contribution in [0.25, 0.3) is 11.0 Å². The Bertz CT molecular complexity index is 1100. The van der Waals surface area contributed by atoms with Crippen molar-refractivity contribution in [1.29, 1.82) is 0 Å². The summed E-state index contributed by atoms with van der Waals surface area (Å²) in [7, 11) is 0. The number of aryl methyl sites for hydroxylation is 1. The van der Waals surface area contributed by atoms with Gasteiger partial charge in [-0.05, 0) is 43.3 Å². The second-order valence-corrected chi connectivity index (χ2v) is 6.13. The van der Waals surface area contributed by atoms with Crippen LogP contribution in [-0.2, 0) is 13.1 Å². The van der Waals surface area contributed by atoms with Crippen LogP contribution in [-0.4, -0.2) is 22.0 Å². The number of rotatable bonds is 6. The van der Waals surface area contributed by atoms with Crippen molar-refractivity contribution in [2.45, 2.75) is 26.9 Å². The van der Waals surface area contributed by atoms with Gasteiger partial charge in [0.05, 0.1) is 11.0 Å². The van der Waals surface area contributed by atoms with E-state index in [1.165, 1.54) is 4.57 Å². The molecule has 1 aromatic heterocycles. The van der Waals surface area contributed by atoms with Crippen molar-refractivity contribution in [2.24, 2.45) is 0 Å². The monoisotopic (exact) mass is 366 g/mol. The smallest absolute Gasteiger partial charge is 0.316 e. The van der Waals surface area contributed by atoms with Crippen molar-refractivity contribution >= 4 is 22.6 Å². The molecule has 0 atom stereocenters. The zero-order valence-corrected chi connectivity index (χ0v) is 15.3. The van der Waals surface area contributed by atoms with Crippen molar-refractivity contribution in [2.75, 3.05) is 11.9 Å². The van der Waals surface area contributed by atoms with Gasteiger partial charge in [0, 0.05) is 24.3 Å². The summed E-state index contributed by atoms with van der Waals surface area (Å²) in [6.45, 7) is 5.68. The molecular weight excluding hydrogens is 344 g/mol. The highest BCUT2D eigenvalue weighted by Gasteiger charge is 2.12. The Labute approximate surface area is 156 Å². The minimum atomic E-state index is -0.696. The van der Waals surface area contributed by atoms with E-state index in [2.05, 4.69) is 15.6 Å². The fourth-order valence-electron chi connectivity index (χ4n) is 2.99. The maximum absolute atomic E-state index is 12.7. The molecule has 0 aliphatic carbocycles. The summed E-state index contributed by atoms with van der Waals surface area (Å²) in [6.07, 6.45) is 0. The van der Waals surface area contributed by atoms with E-state index >= 15 is 0 Å². The molecule has 0 radical (unpaired) electrons. The van der Waals surface area contributed by atoms with Crippen LogP contribution < -0.4 is 21.8 Å². The third kappa shape index (κ3) is 3.83. The molecule has 27 heavy (non-hydrogen) atoms. The molecule has 0 fully saturated rings. The van der Waals surface area contributed by atoms with Crippen molar-refractivity contribution < 1.29 is 4.79 Å².